The molecule has 0 aromatic rings. The van der Waals surface area contributed by atoms with Gasteiger partial charge < -0.3 is 30.3 Å². The standard InChI is InChI=1S/C44H78NO11P/c1-3-5-7-9-11-13-15-17-18-20-22-24-26-28-30-34-42(47)53-36-40(37-54-57(51,52)55-38-41(45)44(49)50)56-43(48)35-31-33-39(46)32-29-27-25-23-21-19-16-14-12-10-8-6-4-2/h17-19,21,25,27,29,32,39-41,46H,3-16,20,22-24,26,28,30-31,33-38,45H2,1-2H3,(H,49,50)(H,51,52)/b18-17-,21-19+,27-25+,32-29+/t39?,40-,41+/m1/s1. The summed E-state index contributed by atoms with van der Waals surface area (Å²) < 4.78 is 32.5. The van der Waals surface area contributed by atoms with E-state index in [4.69, 9.17) is 24.8 Å². The zero-order valence-corrected chi connectivity index (χ0v) is 36.2. The third-order valence-electron chi connectivity index (χ3n) is 9.15. The number of phosphoric acid groups is 1. The van der Waals surface area contributed by atoms with Gasteiger partial charge >= 0.3 is 25.7 Å². The van der Waals surface area contributed by atoms with E-state index in [9.17, 15) is 28.9 Å². The molecular weight excluding hydrogens is 749 g/mol. The molecule has 0 aromatic heterocycles. The molecule has 4 atom stereocenters. The number of esters is 2. The molecule has 0 saturated carbocycles. The molecule has 0 aliphatic heterocycles. The van der Waals surface area contributed by atoms with Gasteiger partial charge in [-0.2, -0.15) is 0 Å². The first-order chi connectivity index (χ1) is 27.5. The minimum atomic E-state index is -4.77. The Balaban J connectivity index is 4.58. The van der Waals surface area contributed by atoms with Crippen LogP contribution in [0, 0.1) is 0 Å². The topological polar surface area (TPSA) is 192 Å². The molecule has 12 nitrogen and oxygen atoms in total. The average Bonchev–Trinajstić information content (AvgIpc) is 3.18. The fraction of sp³-hybridized carbons (Fsp3) is 0.750. The van der Waals surface area contributed by atoms with E-state index < -0.39 is 63.8 Å². The summed E-state index contributed by atoms with van der Waals surface area (Å²) in [7, 11) is -4.77. The summed E-state index contributed by atoms with van der Waals surface area (Å²) in [4.78, 5) is 45.9. The quantitative estimate of drug-likeness (QED) is 0.0150. The molecule has 57 heavy (non-hydrogen) atoms. The van der Waals surface area contributed by atoms with Gasteiger partial charge in [0.1, 0.15) is 12.6 Å². The number of phosphoric ester groups is 1. The van der Waals surface area contributed by atoms with Gasteiger partial charge in [0, 0.05) is 12.8 Å². The normalized spacial score (nSPS) is 14.8. The first-order valence-corrected chi connectivity index (χ1v) is 23.3. The van der Waals surface area contributed by atoms with Gasteiger partial charge in [-0.25, -0.2) is 4.57 Å². The van der Waals surface area contributed by atoms with Crippen molar-refractivity contribution in [1.82, 2.24) is 0 Å². The largest absolute Gasteiger partial charge is 0.480 e. The summed E-state index contributed by atoms with van der Waals surface area (Å²) in [5, 5.41) is 19.2. The van der Waals surface area contributed by atoms with Crippen LogP contribution in [0.5, 0.6) is 0 Å². The smallest absolute Gasteiger partial charge is 0.472 e. The lowest BCUT2D eigenvalue weighted by Crippen LogP contribution is -2.34. The minimum absolute atomic E-state index is 0.0652. The van der Waals surface area contributed by atoms with Crippen molar-refractivity contribution >= 4 is 25.7 Å². The Morgan fingerprint density at radius 3 is 1.72 bits per heavy atom. The molecule has 5 N–H and O–H groups in total. The van der Waals surface area contributed by atoms with E-state index in [0.717, 1.165) is 51.4 Å². The number of carbonyl (C=O) groups excluding carboxylic acids is 2. The number of allylic oxidation sites excluding steroid dienone is 7. The molecular formula is C44H78NO11P. The lowest BCUT2D eigenvalue weighted by molar-refractivity contribution is -0.161. The van der Waals surface area contributed by atoms with Gasteiger partial charge in [-0.1, -0.05) is 146 Å². The number of unbranched alkanes of at least 4 members (excludes halogenated alkanes) is 17. The van der Waals surface area contributed by atoms with Crippen molar-refractivity contribution in [3.63, 3.8) is 0 Å². The molecule has 0 bridgehead atoms. The van der Waals surface area contributed by atoms with Crippen molar-refractivity contribution in [3.05, 3.63) is 48.6 Å². The van der Waals surface area contributed by atoms with E-state index in [0.29, 0.717) is 19.3 Å². The molecule has 13 heteroatoms. The molecule has 2 unspecified atom stereocenters. The monoisotopic (exact) mass is 828 g/mol. The number of nitrogens with two attached hydrogens (primary N) is 1. The van der Waals surface area contributed by atoms with Crippen LogP contribution in [0.25, 0.3) is 0 Å². The first kappa shape index (κ1) is 54.4. The van der Waals surface area contributed by atoms with E-state index in [1.807, 2.05) is 12.2 Å². The summed E-state index contributed by atoms with van der Waals surface area (Å²) in [6.07, 6.45) is 39.2. The Morgan fingerprint density at radius 2 is 1.14 bits per heavy atom. The second kappa shape index (κ2) is 38.9. The number of hydrogen-bond donors (Lipinski definition) is 4. The molecule has 0 amide bonds. The van der Waals surface area contributed by atoms with Crippen LogP contribution in [0.1, 0.15) is 174 Å². The Morgan fingerprint density at radius 1 is 0.632 bits per heavy atom. The highest BCUT2D eigenvalue weighted by Gasteiger charge is 2.28. The van der Waals surface area contributed by atoms with Gasteiger partial charge in [-0.15, -0.1) is 0 Å². The average molecular weight is 828 g/mol. The predicted molar refractivity (Wildman–Crippen MR) is 228 cm³/mol. The third kappa shape index (κ3) is 38.7. The van der Waals surface area contributed by atoms with Crippen LogP contribution in [-0.2, 0) is 37.5 Å². The van der Waals surface area contributed by atoms with Crippen LogP contribution in [0.3, 0.4) is 0 Å². The highest BCUT2D eigenvalue weighted by atomic mass is 31.2. The van der Waals surface area contributed by atoms with Gasteiger partial charge in [-0.05, 0) is 64.2 Å². The van der Waals surface area contributed by atoms with Gasteiger partial charge in [0.25, 0.3) is 0 Å². The first-order valence-electron chi connectivity index (χ1n) is 21.8. The summed E-state index contributed by atoms with van der Waals surface area (Å²) in [6.45, 7) is 2.58. The number of carbonyl (C=O) groups is 3. The molecule has 0 rings (SSSR count). The van der Waals surface area contributed by atoms with Crippen LogP contribution < -0.4 is 5.73 Å². The van der Waals surface area contributed by atoms with Crippen molar-refractivity contribution in [2.75, 3.05) is 19.8 Å². The Kier molecular flexibility index (Phi) is 37.1. The highest BCUT2D eigenvalue weighted by molar-refractivity contribution is 7.47. The van der Waals surface area contributed by atoms with E-state index >= 15 is 0 Å². The molecule has 0 spiro atoms. The zero-order chi connectivity index (χ0) is 42.2. The summed E-state index contributed by atoms with van der Waals surface area (Å²) in [5.74, 6) is -2.61. The summed E-state index contributed by atoms with van der Waals surface area (Å²) in [6, 6.07) is -1.55. The summed E-state index contributed by atoms with van der Waals surface area (Å²) in [5.41, 5.74) is 5.32. The Labute approximate surface area is 344 Å². The van der Waals surface area contributed by atoms with Crippen molar-refractivity contribution in [3.8, 4) is 0 Å². The van der Waals surface area contributed by atoms with Gasteiger partial charge in [0.05, 0.1) is 19.3 Å². The second-order valence-electron chi connectivity index (χ2n) is 14.7. The molecule has 0 aliphatic rings. The number of aliphatic hydroxyl groups excluding tert-OH is 1. The van der Waals surface area contributed by atoms with Gasteiger partial charge in [-0.3, -0.25) is 23.4 Å². The number of rotatable bonds is 40. The minimum Gasteiger partial charge on any atom is -0.480 e. The molecule has 0 aliphatic carbocycles. The summed E-state index contributed by atoms with van der Waals surface area (Å²) >= 11 is 0. The fourth-order valence-electron chi connectivity index (χ4n) is 5.66. The number of carboxylic acids is 1. The molecule has 0 fully saturated rings. The van der Waals surface area contributed by atoms with Crippen LogP contribution >= 0.6 is 7.82 Å². The maximum absolute atomic E-state index is 12.6. The SMILES string of the molecule is CCCCCCCC/C=C\CCCCCCCC(=O)OC[C@H](COP(=O)(O)OC[C@H](N)C(=O)O)OC(=O)CCCC(O)/C=C/C=C/C/C=C/CCCCCCCC. The van der Waals surface area contributed by atoms with Crippen molar-refractivity contribution in [2.24, 2.45) is 5.73 Å². The van der Waals surface area contributed by atoms with Gasteiger partial charge in [0.15, 0.2) is 6.10 Å². The number of carboxylic acid groups (broad SMARTS) is 1. The van der Waals surface area contributed by atoms with Crippen LogP contribution in [0.2, 0.25) is 0 Å². The van der Waals surface area contributed by atoms with Crippen LogP contribution in [0.15, 0.2) is 48.6 Å². The Hall–Kier alpha value is -2.60. The van der Waals surface area contributed by atoms with Crippen molar-refractivity contribution < 1.29 is 52.6 Å². The van der Waals surface area contributed by atoms with Gasteiger partial charge in [0.2, 0.25) is 0 Å². The van der Waals surface area contributed by atoms with E-state index in [1.54, 1.807) is 12.2 Å². The maximum Gasteiger partial charge on any atom is 0.472 e. The molecule has 0 radical (unpaired) electrons. The fourth-order valence-corrected chi connectivity index (χ4v) is 6.43. The van der Waals surface area contributed by atoms with Crippen molar-refractivity contribution in [2.45, 2.75) is 193 Å². The van der Waals surface area contributed by atoms with Crippen molar-refractivity contribution in [1.29, 1.82) is 0 Å². The second-order valence-corrected chi connectivity index (χ2v) is 16.1. The third-order valence-corrected chi connectivity index (χ3v) is 10.1. The van der Waals surface area contributed by atoms with E-state index in [2.05, 4.69) is 42.7 Å². The number of aliphatic carboxylic acids is 1. The van der Waals surface area contributed by atoms with Crippen LogP contribution in [0.4, 0.5) is 0 Å². The maximum atomic E-state index is 12.6. The van der Waals surface area contributed by atoms with Crippen LogP contribution in [-0.4, -0.2) is 71.1 Å². The molecule has 0 aromatic carbocycles. The lowest BCUT2D eigenvalue weighted by atomic mass is 10.1. The number of ether oxygens (including phenoxy) is 2. The lowest BCUT2D eigenvalue weighted by Gasteiger charge is -2.20. The molecule has 0 saturated heterocycles. The van der Waals surface area contributed by atoms with E-state index in [1.165, 1.54) is 77.0 Å². The number of hydrogen-bond acceptors (Lipinski definition) is 10. The van der Waals surface area contributed by atoms with E-state index in [-0.39, 0.29) is 12.8 Å². The molecule has 0 heterocycles. The molecule has 330 valence electrons. The highest BCUT2D eigenvalue weighted by Crippen LogP contribution is 2.43. The Bertz CT molecular complexity index is 1170. The number of aliphatic hydroxyl groups is 1. The predicted octanol–water partition coefficient (Wildman–Crippen LogP) is 10.4. The zero-order valence-electron chi connectivity index (χ0n) is 35.3.